The molecule has 1 unspecified atom stereocenters. The summed E-state index contributed by atoms with van der Waals surface area (Å²) in [6.07, 6.45) is 1.80. The van der Waals surface area contributed by atoms with Crippen molar-refractivity contribution in [2.24, 2.45) is 0 Å². The normalized spacial score (nSPS) is 13.1. The van der Waals surface area contributed by atoms with Crippen molar-refractivity contribution in [3.8, 4) is 0 Å². The largest absolute Gasteiger partial charge is 0.378 e. The molecule has 0 aromatic heterocycles. The molecule has 0 saturated heterocycles. The van der Waals surface area contributed by atoms with Crippen LogP contribution in [0.5, 0.6) is 0 Å². The van der Waals surface area contributed by atoms with E-state index in [1.54, 1.807) is 6.92 Å². The fourth-order valence-corrected chi connectivity index (χ4v) is 2.56. The van der Waals surface area contributed by atoms with Crippen molar-refractivity contribution in [1.82, 2.24) is 0 Å². The molecular weight excluding hydrogens is 280 g/mol. The first-order valence-corrected chi connectivity index (χ1v) is 8.20. The number of rotatable bonds is 10. The van der Waals surface area contributed by atoms with Crippen molar-refractivity contribution < 1.29 is 14.3 Å². The Bertz CT molecular complexity index is 314. The number of carbonyl (C=O) groups excluding carboxylic acids is 2. The van der Waals surface area contributed by atoms with Gasteiger partial charge >= 0.3 is 0 Å². The number of hydrogen-bond donors (Lipinski definition) is 0. The van der Waals surface area contributed by atoms with E-state index in [4.69, 9.17) is 4.74 Å². The van der Waals surface area contributed by atoms with Crippen LogP contribution in [0.1, 0.15) is 40.5 Å². The molecule has 0 bridgehead atoms. The van der Waals surface area contributed by atoms with Crippen LogP contribution in [0.15, 0.2) is 12.2 Å². The Balaban J connectivity index is 3.70. The van der Waals surface area contributed by atoms with Crippen LogP contribution < -0.4 is 0 Å². The van der Waals surface area contributed by atoms with Crippen LogP contribution in [0.3, 0.4) is 0 Å². The minimum Gasteiger partial charge on any atom is -0.378 e. The van der Waals surface area contributed by atoms with Gasteiger partial charge in [0.15, 0.2) is 5.62 Å². The van der Waals surface area contributed by atoms with E-state index >= 15 is 0 Å². The van der Waals surface area contributed by atoms with E-state index in [1.165, 1.54) is 23.5 Å². The Kier molecular flexibility index (Phi) is 9.48. The van der Waals surface area contributed by atoms with Gasteiger partial charge in [0.1, 0.15) is 0 Å². The molecule has 0 aromatic rings. The fraction of sp³-hybridized carbons (Fsp3) is 0.714. The minimum atomic E-state index is -0.0772. The summed E-state index contributed by atoms with van der Waals surface area (Å²) < 4.78 is 5.61. The maximum absolute atomic E-state index is 11.3. The van der Waals surface area contributed by atoms with Crippen molar-refractivity contribution in [1.29, 1.82) is 0 Å². The van der Waals surface area contributed by atoms with Crippen LogP contribution in [0.25, 0.3) is 0 Å². The lowest BCUT2D eigenvalue weighted by molar-refractivity contribution is -0.107. The molecule has 1 atom stereocenters. The third-order valence-corrected chi connectivity index (χ3v) is 4.57. The van der Waals surface area contributed by atoms with Gasteiger partial charge in [0.2, 0.25) is 5.12 Å². The molecule has 0 N–H and O–H groups in total. The van der Waals surface area contributed by atoms with Gasteiger partial charge < -0.3 is 4.74 Å². The summed E-state index contributed by atoms with van der Waals surface area (Å²) in [5.41, 5.74) is 1.47. The van der Waals surface area contributed by atoms with Crippen molar-refractivity contribution in [3.63, 3.8) is 0 Å². The fourth-order valence-electron chi connectivity index (χ4n) is 1.22. The lowest BCUT2D eigenvalue weighted by Gasteiger charge is -2.22. The lowest BCUT2D eigenvalue weighted by atomic mass is 10.1. The Morgan fingerprint density at radius 3 is 2.63 bits per heavy atom. The molecule has 0 heterocycles. The highest BCUT2D eigenvalue weighted by Crippen LogP contribution is 2.25. The van der Waals surface area contributed by atoms with E-state index in [-0.39, 0.29) is 16.0 Å². The molecule has 0 amide bonds. The average Bonchev–Trinajstić information content (AvgIpc) is 2.28. The highest BCUT2D eigenvalue weighted by atomic mass is 32.2. The maximum Gasteiger partial charge on any atom is 0.214 e. The molecule has 0 saturated carbocycles. The second kappa shape index (κ2) is 9.61. The second-order valence-electron chi connectivity index (χ2n) is 5.11. The molecule has 0 radical (unpaired) electrons. The summed E-state index contributed by atoms with van der Waals surface area (Å²) in [4.78, 5) is 21.8. The van der Waals surface area contributed by atoms with Gasteiger partial charge in [-0.15, -0.1) is 0 Å². The van der Waals surface area contributed by atoms with Gasteiger partial charge in [0.25, 0.3) is 0 Å². The highest BCUT2D eigenvalue weighted by Gasteiger charge is 2.18. The van der Waals surface area contributed by atoms with Gasteiger partial charge in [0, 0.05) is 17.1 Å². The average molecular weight is 304 g/mol. The Morgan fingerprint density at radius 2 is 2.11 bits per heavy atom. The first-order chi connectivity index (χ1) is 8.78. The smallest absolute Gasteiger partial charge is 0.214 e. The number of ether oxygens (including phenoxy) is 1. The van der Waals surface area contributed by atoms with E-state index in [1.807, 2.05) is 20.8 Å². The molecule has 0 aromatic carbocycles. The van der Waals surface area contributed by atoms with Crippen molar-refractivity contribution >= 4 is 34.3 Å². The summed E-state index contributed by atoms with van der Waals surface area (Å²) >= 11 is 2.58. The maximum atomic E-state index is 11.3. The van der Waals surface area contributed by atoms with Crippen LogP contribution in [-0.4, -0.2) is 33.9 Å². The second-order valence-corrected chi connectivity index (χ2v) is 7.71. The van der Waals surface area contributed by atoms with E-state index < -0.39 is 0 Å². The number of thioether (sulfide) groups is 2. The topological polar surface area (TPSA) is 43.4 Å². The van der Waals surface area contributed by atoms with Crippen molar-refractivity contribution in [3.05, 3.63) is 12.2 Å². The minimum absolute atomic E-state index is 0.0516. The molecule has 0 aliphatic carbocycles. The Labute approximate surface area is 124 Å². The van der Waals surface area contributed by atoms with Crippen molar-refractivity contribution in [2.45, 2.75) is 51.4 Å². The SMILES string of the molecule is C=C(C)C(=O)SCCC(C)OCCC(C)(C)SC=O. The van der Waals surface area contributed by atoms with Gasteiger partial charge in [-0.2, -0.15) is 0 Å². The van der Waals surface area contributed by atoms with Crippen molar-refractivity contribution in [2.75, 3.05) is 12.4 Å². The van der Waals surface area contributed by atoms with Crippen LogP contribution in [0.4, 0.5) is 0 Å². The highest BCUT2D eigenvalue weighted by molar-refractivity contribution is 8.14. The Morgan fingerprint density at radius 1 is 1.47 bits per heavy atom. The predicted octanol–water partition coefficient (Wildman–Crippen LogP) is 3.71. The zero-order valence-corrected chi connectivity index (χ0v) is 13.9. The molecule has 0 spiro atoms. The number of carbonyl (C=O) groups is 2. The van der Waals surface area contributed by atoms with Crippen LogP contribution in [-0.2, 0) is 14.3 Å². The van der Waals surface area contributed by atoms with Crippen LogP contribution in [0.2, 0.25) is 0 Å². The molecule has 3 nitrogen and oxygen atoms in total. The molecule has 110 valence electrons. The standard InChI is InChI=1S/C14H24O3S2/c1-11(2)13(16)18-9-6-12(3)17-8-7-14(4,5)19-10-15/h10,12H,1,6-9H2,2-5H3. The molecule has 5 heteroatoms. The van der Waals surface area contributed by atoms with Crippen LogP contribution in [0, 0.1) is 0 Å². The number of hydrogen-bond acceptors (Lipinski definition) is 5. The van der Waals surface area contributed by atoms with E-state index in [2.05, 4.69) is 6.58 Å². The first-order valence-electron chi connectivity index (χ1n) is 6.34. The molecule has 0 aliphatic rings. The molecule has 0 fully saturated rings. The summed E-state index contributed by atoms with van der Waals surface area (Å²) in [6.45, 7) is 12.0. The lowest BCUT2D eigenvalue weighted by Crippen LogP contribution is -2.20. The van der Waals surface area contributed by atoms with Gasteiger partial charge in [-0.05, 0) is 32.3 Å². The summed E-state index contributed by atoms with van der Waals surface area (Å²) in [5.74, 6) is 0.749. The zero-order chi connectivity index (χ0) is 14.9. The van der Waals surface area contributed by atoms with E-state index in [0.717, 1.165) is 24.2 Å². The van der Waals surface area contributed by atoms with Gasteiger partial charge in [-0.3, -0.25) is 9.59 Å². The van der Waals surface area contributed by atoms with Gasteiger partial charge in [0.05, 0.1) is 6.10 Å². The first kappa shape index (κ1) is 18.7. The van der Waals surface area contributed by atoms with E-state index in [9.17, 15) is 9.59 Å². The van der Waals surface area contributed by atoms with Crippen LogP contribution >= 0.6 is 23.5 Å². The van der Waals surface area contributed by atoms with E-state index in [0.29, 0.717) is 12.2 Å². The molecule has 0 rings (SSSR count). The third kappa shape index (κ3) is 10.2. The quantitative estimate of drug-likeness (QED) is 0.455. The predicted molar refractivity (Wildman–Crippen MR) is 85.3 cm³/mol. The van der Waals surface area contributed by atoms with Gasteiger partial charge in [-0.25, -0.2) is 0 Å². The summed E-state index contributed by atoms with van der Waals surface area (Å²) in [5, 5.41) is 0.0516. The third-order valence-electron chi connectivity index (χ3n) is 2.58. The molecular formula is C14H24O3S2. The Hall–Kier alpha value is -0.260. The summed E-state index contributed by atoms with van der Waals surface area (Å²) in [7, 11) is 0. The molecule has 19 heavy (non-hydrogen) atoms. The molecule has 0 aliphatic heterocycles. The van der Waals surface area contributed by atoms with Gasteiger partial charge in [-0.1, -0.05) is 44.0 Å². The monoisotopic (exact) mass is 304 g/mol. The zero-order valence-electron chi connectivity index (χ0n) is 12.2. The summed E-state index contributed by atoms with van der Waals surface area (Å²) in [6, 6.07) is 0.